The van der Waals surface area contributed by atoms with Crippen LogP contribution in [0.4, 0.5) is 0 Å². The molecular formula is C18H20N4. The van der Waals surface area contributed by atoms with Gasteiger partial charge in [-0.15, -0.1) is 0 Å². The van der Waals surface area contributed by atoms with Crippen LogP contribution in [0.1, 0.15) is 36.6 Å². The number of fused-ring (bicyclic) bond motifs is 1. The molecule has 1 fully saturated rings. The van der Waals surface area contributed by atoms with Crippen LogP contribution in [0.2, 0.25) is 0 Å². The summed E-state index contributed by atoms with van der Waals surface area (Å²) in [6.07, 6.45) is 9.26. The molecule has 0 spiro atoms. The first-order chi connectivity index (χ1) is 10.9. The van der Waals surface area contributed by atoms with Gasteiger partial charge in [-0.1, -0.05) is 18.6 Å². The Labute approximate surface area is 130 Å². The van der Waals surface area contributed by atoms with Crippen molar-refractivity contribution in [1.82, 2.24) is 19.9 Å². The second kappa shape index (κ2) is 5.89. The maximum Gasteiger partial charge on any atom is 0.115 e. The lowest BCUT2D eigenvalue weighted by Crippen LogP contribution is -2.33. The third-order valence-corrected chi connectivity index (χ3v) is 4.62. The van der Waals surface area contributed by atoms with Crippen molar-refractivity contribution in [3.05, 3.63) is 60.3 Å². The number of H-pyrrole nitrogens is 1. The van der Waals surface area contributed by atoms with Gasteiger partial charge in [0, 0.05) is 29.8 Å². The average molecular weight is 292 g/mol. The lowest BCUT2D eigenvalue weighted by atomic mass is 9.97. The van der Waals surface area contributed by atoms with Gasteiger partial charge in [-0.2, -0.15) is 0 Å². The van der Waals surface area contributed by atoms with Crippen molar-refractivity contribution in [1.29, 1.82) is 0 Å². The first-order valence-corrected chi connectivity index (χ1v) is 7.97. The molecule has 22 heavy (non-hydrogen) atoms. The Bertz CT molecular complexity index is 750. The third-order valence-electron chi connectivity index (χ3n) is 4.62. The summed E-state index contributed by atoms with van der Waals surface area (Å²) in [5.74, 6) is 0. The van der Waals surface area contributed by atoms with Crippen LogP contribution in [0.5, 0.6) is 0 Å². The molecule has 4 heteroatoms. The molecule has 1 aliphatic heterocycles. The molecule has 1 aromatic carbocycles. The molecule has 0 amide bonds. The molecule has 1 atom stereocenters. The van der Waals surface area contributed by atoms with Gasteiger partial charge in [0.05, 0.1) is 11.7 Å². The smallest absolute Gasteiger partial charge is 0.115 e. The molecule has 1 saturated heterocycles. The number of nitrogens with one attached hydrogen (secondary N) is 1. The van der Waals surface area contributed by atoms with Crippen LogP contribution in [-0.2, 0) is 6.54 Å². The molecule has 0 unspecified atom stereocenters. The van der Waals surface area contributed by atoms with Crippen LogP contribution in [0.25, 0.3) is 10.9 Å². The van der Waals surface area contributed by atoms with E-state index in [2.05, 4.69) is 50.2 Å². The highest BCUT2D eigenvalue weighted by atomic mass is 15.2. The Morgan fingerprint density at radius 1 is 1.18 bits per heavy atom. The van der Waals surface area contributed by atoms with Gasteiger partial charge in [0.15, 0.2) is 0 Å². The van der Waals surface area contributed by atoms with Gasteiger partial charge in [-0.25, -0.2) is 9.97 Å². The largest absolute Gasteiger partial charge is 0.361 e. The van der Waals surface area contributed by atoms with Gasteiger partial charge in [-0.3, -0.25) is 4.90 Å². The Hall–Kier alpha value is -2.20. The third kappa shape index (κ3) is 2.50. The summed E-state index contributed by atoms with van der Waals surface area (Å²) < 4.78 is 0. The van der Waals surface area contributed by atoms with E-state index in [0.29, 0.717) is 6.04 Å². The van der Waals surface area contributed by atoms with E-state index in [1.165, 1.54) is 35.7 Å². The van der Waals surface area contributed by atoms with Gasteiger partial charge in [0.2, 0.25) is 0 Å². The molecule has 4 rings (SSSR count). The fourth-order valence-electron chi connectivity index (χ4n) is 3.52. The zero-order valence-corrected chi connectivity index (χ0v) is 12.6. The number of likely N-dealkylation sites (tertiary alicyclic amines) is 1. The van der Waals surface area contributed by atoms with Crippen LogP contribution in [0.15, 0.2) is 49.1 Å². The van der Waals surface area contributed by atoms with E-state index in [-0.39, 0.29) is 0 Å². The number of hydrogen-bond acceptors (Lipinski definition) is 3. The summed E-state index contributed by atoms with van der Waals surface area (Å²) in [5, 5.41) is 1.33. The van der Waals surface area contributed by atoms with Crippen molar-refractivity contribution in [2.45, 2.75) is 31.8 Å². The lowest BCUT2D eigenvalue weighted by molar-refractivity contribution is 0.137. The minimum absolute atomic E-state index is 0.408. The molecule has 1 N–H and O–H groups in total. The first kappa shape index (κ1) is 13.5. The van der Waals surface area contributed by atoms with Crippen LogP contribution >= 0.6 is 0 Å². The van der Waals surface area contributed by atoms with Crippen LogP contribution < -0.4 is 0 Å². The normalized spacial score (nSPS) is 19.5. The number of rotatable bonds is 3. The lowest BCUT2D eigenvalue weighted by Gasteiger charge is -2.35. The van der Waals surface area contributed by atoms with Crippen LogP contribution in [0, 0.1) is 0 Å². The molecule has 4 nitrogen and oxygen atoms in total. The SMILES string of the molecule is c1cc(CN2CCCC[C@H]2c2ccncn2)c2cc[nH]c2c1. The standard InChI is InChI=1S/C18H20N4/c1-2-11-22(18(6-1)17-8-9-19-13-21-17)12-14-4-3-5-16-15(14)7-10-20-16/h3-5,7-10,13,18,20H,1-2,6,11-12H2/t18-/m0/s1. The number of nitrogens with zero attached hydrogens (tertiary/aromatic N) is 3. The molecule has 3 heterocycles. The highest BCUT2D eigenvalue weighted by molar-refractivity contribution is 5.82. The van der Waals surface area contributed by atoms with Crippen molar-refractivity contribution in [3.63, 3.8) is 0 Å². The second-order valence-corrected chi connectivity index (χ2v) is 5.97. The number of piperidine rings is 1. The molecule has 0 radical (unpaired) electrons. The topological polar surface area (TPSA) is 44.8 Å². The predicted octanol–water partition coefficient (Wildman–Crippen LogP) is 3.69. The van der Waals surface area contributed by atoms with E-state index >= 15 is 0 Å². The summed E-state index contributed by atoms with van der Waals surface area (Å²) in [6.45, 7) is 2.11. The minimum Gasteiger partial charge on any atom is -0.361 e. The first-order valence-electron chi connectivity index (χ1n) is 7.97. The van der Waals surface area contributed by atoms with Crippen molar-refractivity contribution in [2.75, 3.05) is 6.54 Å². The zero-order chi connectivity index (χ0) is 14.8. The van der Waals surface area contributed by atoms with Gasteiger partial charge >= 0.3 is 0 Å². The summed E-state index contributed by atoms with van der Waals surface area (Å²) in [7, 11) is 0. The molecule has 1 aliphatic rings. The van der Waals surface area contributed by atoms with E-state index in [0.717, 1.165) is 18.8 Å². The van der Waals surface area contributed by atoms with Crippen LogP contribution in [-0.4, -0.2) is 26.4 Å². The summed E-state index contributed by atoms with van der Waals surface area (Å²) in [6, 6.07) is 11.1. The maximum atomic E-state index is 4.49. The summed E-state index contributed by atoms with van der Waals surface area (Å²) >= 11 is 0. The number of aromatic amines is 1. The molecule has 0 aliphatic carbocycles. The predicted molar refractivity (Wildman–Crippen MR) is 87.3 cm³/mol. The summed E-state index contributed by atoms with van der Waals surface area (Å²) in [5.41, 5.74) is 3.75. The number of hydrogen-bond donors (Lipinski definition) is 1. The highest BCUT2D eigenvalue weighted by Gasteiger charge is 2.25. The Kier molecular flexibility index (Phi) is 3.60. The molecule has 0 saturated carbocycles. The Morgan fingerprint density at radius 2 is 2.18 bits per heavy atom. The Morgan fingerprint density at radius 3 is 3.09 bits per heavy atom. The van der Waals surface area contributed by atoms with E-state index in [9.17, 15) is 0 Å². The van der Waals surface area contributed by atoms with Crippen molar-refractivity contribution < 1.29 is 0 Å². The van der Waals surface area contributed by atoms with Gasteiger partial charge in [-0.05, 0) is 43.1 Å². The van der Waals surface area contributed by atoms with E-state index in [1.54, 1.807) is 6.33 Å². The van der Waals surface area contributed by atoms with Crippen molar-refractivity contribution in [3.8, 4) is 0 Å². The fourth-order valence-corrected chi connectivity index (χ4v) is 3.52. The summed E-state index contributed by atoms with van der Waals surface area (Å²) in [4.78, 5) is 14.4. The molecule has 112 valence electrons. The number of benzene rings is 1. The van der Waals surface area contributed by atoms with E-state index in [1.807, 2.05) is 12.4 Å². The van der Waals surface area contributed by atoms with Gasteiger partial charge in [0.25, 0.3) is 0 Å². The molecule has 3 aromatic rings. The average Bonchev–Trinajstić information content (AvgIpc) is 3.06. The van der Waals surface area contributed by atoms with Gasteiger partial charge < -0.3 is 4.98 Å². The van der Waals surface area contributed by atoms with Gasteiger partial charge in [0.1, 0.15) is 6.33 Å². The minimum atomic E-state index is 0.408. The second-order valence-electron chi connectivity index (χ2n) is 5.97. The van der Waals surface area contributed by atoms with Crippen LogP contribution in [0.3, 0.4) is 0 Å². The highest BCUT2D eigenvalue weighted by Crippen LogP contribution is 2.32. The zero-order valence-electron chi connectivity index (χ0n) is 12.6. The number of aromatic nitrogens is 3. The van der Waals surface area contributed by atoms with Crippen molar-refractivity contribution >= 4 is 10.9 Å². The molecular weight excluding hydrogens is 272 g/mol. The monoisotopic (exact) mass is 292 g/mol. The van der Waals surface area contributed by atoms with Crippen molar-refractivity contribution in [2.24, 2.45) is 0 Å². The maximum absolute atomic E-state index is 4.49. The van der Waals surface area contributed by atoms with E-state index < -0.39 is 0 Å². The quantitative estimate of drug-likeness (QED) is 0.801. The Balaban J connectivity index is 1.64. The molecule has 0 bridgehead atoms. The fraction of sp³-hybridized carbons (Fsp3) is 0.333. The van der Waals surface area contributed by atoms with E-state index in [4.69, 9.17) is 0 Å². The molecule has 2 aromatic heterocycles.